The highest BCUT2D eigenvalue weighted by Crippen LogP contribution is 2.36. The molecule has 3 aromatic rings. The molecule has 0 aliphatic heterocycles. The molecule has 4 nitrogen and oxygen atoms in total. The van der Waals surface area contributed by atoms with Crippen molar-refractivity contribution in [3.63, 3.8) is 0 Å². The van der Waals surface area contributed by atoms with Gasteiger partial charge in [0.2, 0.25) is 0 Å². The van der Waals surface area contributed by atoms with Gasteiger partial charge >= 0.3 is 0 Å². The average molecular weight is 336 g/mol. The SMILES string of the molecule is CCOc1cc2nccc(Nc3cccc(C)c3C)c2cc1OCC. The molecule has 0 fully saturated rings. The predicted octanol–water partition coefficient (Wildman–Crippen LogP) is 5.39. The summed E-state index contributed by atoms with van der Waals surface area (Å²) < 4.78 is 11.5. The topological polar surface area (TPSA) is 43.4 Å². The zero-order valence-electron chi connectivity index (χ0n) is 15.2. The Balaban J connectivity index is 2.09. The summed E-state index contributed by atoms with van der Waals surface area (Å²) in [6.45, 7) is 9.36. The minimum Gasteiger partial charge on any atom is -0.490 e. The zero-order valence-corrected chi connectivity index (χ0v) is 15.2. The van der Waals surface area contributed by atoms with Crippen LogP contribution in [0.2, 0.25) is 0 Å². The lowest BCUT2D eigenvalue weighted by atomic mass is 10.1. The van der Waals surface area contributed by atoms with Crippen molar-refractivity contribution in [3.8, 4) is 11.5 Å². The van der Waals surface area contributed by atoms with Crippen LogP contribution < -0.4 is 14.8 Å². The number of ether oxygens (including phenoxy) is 2. The van der Waals surface area contributed by atoms with Crippen molar-refractivity contribution in [1.29, 1.82) is 0 Å². The van der Waals surface area contributed by atoms with Crippen LogP contribution in [0, 0.1) is 13.8 Å². The summed E-state index contributed by atoms with van der Waals surface area (Å²) in [5.41, 5.74) is 5.48. The van der Waals surface area contributed by atoms with Crippen LogP contribution in [0.25, 0.3) is 10.9 Å². The molecule has 0 spiro atoms. The lowest BCUT2D eigenvalue weighted by Crippen LogP contribution is -2.00. The smallest absolute Gasteiger partial charge is 0.163 e. The third-order valence-electron chi connectivity index (χ3n) is 4.28. The lowest BCUT2D eigenvalue weighted by Gasteiger charge is -2.16. The Morgan fingerprint density at radius 2 is 1.64 bits per heavy atom. The summed E-state index contributed by atoms with van der Waals surface area (Å²) in [6.07, 6.45) is 1.81. The summed E-state index contributed by atoms with van der Waals surface area (Å²) in [4.78, 5) is 4.49. The third kappa shape index (κ3) is 3.53. The minimum atomic E-state index is 0.589. The normalized spacial score (nSPS) is 10.7. The number of rotatable bonds is 6. The molecule has 1 aromatic heterocycles. The third-order valence-corrected chi connectivity index (χ3v) is 4.28. The average Bonchev–Trinajstić information content (AvgIpc) is 2.60. The fourth-order valence-corrected chi connectivity index (χ4v) is 2.83. The molecule has 0 unspecified atom stereocenters. The van der Waals surface area contributed by atoms with Gasteiger partial charge in [0.1, 0.15) is 0 Å². The second kappa shape index (κ2) is 7.43. The van der Waals surface area contributed by atoms with Crippen LogP contribution in [-0.4, -0.2) is 18.2 Å². The highest BCUT2D eigenvalue weighted by Gasteiger charge is 2.12. The van der Waals surface area contributed by atoms with E-state index in [0.717, 1.165) is 33.8 Å². The van der Waals surface area contributed by atoms with E-state index in [2.05, 4.69) is 42.3 Å². The largest absolute Gasteiger partial charge is 0.490 e. The maximum atomic E-state index is 5.77. The van der Waals surface area contributed by atoms with Crippen molar-refractivity contribution < 1.29 is 9.47 Å². The fraction of sp³-hybridized carbons (Fsp3) is 0.286. The van der Waals surface area contributed by atoms with Gasteiger partial charge in [0.15, 0.2) is 11.5 Å². The van der Waals surface area contributed by atoms with Gasteiger partial charge in [0.05, 0.1) is 18.7 Å². The number of hydrogen-bond acceptors (Lipinski definition) is 4. The monoisotopic (exact) mass is 336 g/mol. The van der Waals surface area contributed by atoms with Crippen LogP contribution >= 0.6 is 0 Å². The van der Waals surface area contributed by atoms with E-state index in [4.69, 9.17) is 9.47 Å². The van der Waals surface area contributed by atoms with Crippen molar-refractivity contribution in [2.45, 2.75) is 27.7 Å². The summed E-state index contributed by atoms with van der Waals surface area (Å²) in [7, 11) is 0. The summed E-state index contributed by atoms with van der Waals surface area (Å²) in [5, 5.41) is 4.55. The van der Waals surface area contributed by atoms with E-state index in [0.29, 0.717) is 13.2 Å². The number of aromatic nitrogens is 1. The predicted molar refractivity (Wildman–Crippen MR) is 103 cm³/mol. The molecule has 3 rings (SSSR count). The summed E-state index contributed by atoms with van der Waals surface area (Å²) >= 11 is 0. The van der Waals surface area contributed by atoms with Gasteiger partial charge in [-0.05, 0) is 57.0 Å². The number of benzene rings is 2. The Bertz CT molecular complexity index is 890. The first-order valence-corrected chi connectivity index (χ1v) is 8.65. The number of nitrogens with zero attached hydrogens (tertiary/aromatic N) is 1. The maximum absolute atomic E-state index is 5.77. The first kappa shape index (κ1) is 17.1. The van der Waals surface area contributed by atoms with Gasteiger partial charge in [-0.25, -0.2) is 0 Å². The van der Waals surface area contributed by atoms with Crippen LogP contribution in [-0.2, 0) is 0 Å². The Labute approximate surface area is 148 Å². The molecule has 1 heterocycles. The first-order chi connectivity index (χ1) is 12.1. The molecule has 0 radical (unpaired) electrons. The summed E-state index contributed by atoms with van der Waals surface area (Å²) in [6, 6.07) is 12.2. The van der Waals surface area contributed by atoms with Crippen molar-refractivity contribution in [3.05, 3.63) is 53.7 Å². The number of fused-ring (bicyclic) bond motifs is 1. The molecule has 25 heavy (non-hydrogen) atoms. The molecule has 0 bridgehead atoms. The van der Waals surface area contributed by atoms with Crippen LogP contribution in [0.4, 0.5) is 11.4 Å². The molecule has 0 saturated heterocycles. The van der Waals surface area contributed by atoms with E-state index >= 15 is 0 Å². The number of aryl methyl sites for hydroxylation is 1. The fourth-order valence-electron chi connectivity index (χ4n) is 2.83. The number of hydrogen-bond donors (Lipinski definition) is 1. The highest BCUT2D eigenvalue weighted by atomic mass is 16.5. The number of pyridine rings is 1. The summed E-state index contributed by atoms with van der Waals surface area (Å²) in [5.74, 6) is 1.47. The second-order valence-electron chi connectivity index (χ2n) is 5.91. The van der Waals surface area contributed by atoms with E-state index in [1.807, 2.05) is 38.2 Å². The molecule has 4 heteroatoms. The molecule has 0 saturated carbocycles. The molecule has 1 N–H and O–H groups in total. The van der Waals surface area contributed by atoms with E-state index in [1.165, 1.54) is 11.1 Å². The standard InChI is InChI=1S/C21H24N2O2/c1-5-24-20-12-16-18(23-17-9-7-8-14(3)15(17)4)10-11-22-19(16)13-21(20)25-6-2/h7-13H,5-6H2,1-4H3,(H,22,23). The van der Waals surface area contributed by atoms with Crippen molar-refractivity contribution in [2.75, 3.05) is 18.5 Å². The van der Waals surface area contributed by atoms with Gasteiger partial charge in [-0.1, -0.05) is 12.1 Å². The molecule has 0 amide bonds. The number of anilines is 2. The van der Waals surface area contributed by atoms with Gasteiger partial charge in [0, 0.05) is 29.0 Å². The lowest BCUT2D eigenvalue weighted by molar-refractivity contribution is 0.288. The Morgan fingerprint density at radius 1 is 0.920 bits per heavy atom. The van der Waals surface area contributed by atoms with Crippen molar-refractivity contribution in [2.24, 2.45) is 0 Å². The molecule has 0 aliphatic carbocycles. The zero-order chi connectivity index (χ0) is 17.8. The van der Waals surface area contributed by atoms with Gasteiger partial charge in [0.25, 0.3) is 0 Å². The van der Waals surface area contributed by atoms with Crippen LogP contribution in [0.15, 0.2) is 42.6 Å². The first-order valence-electron chi connectivity index (χ1n) is 8.65. The van der Waals surface area contributed by atoms with Gasteiger partial charge in [-0.3, -0.25) is 4.98 Å². The van der Waals surface area contributed by atoms with Crippen molar-refractivity contribution in [1.82, 2.24) is 4.98 Å². The van der Waals surface area contributed by atoms with Gasteiger partial charge in [-0.15, -0.1) is 0 Å². The quantitative estimate of drug-likeness (QED) is 0.655. The molecule has 0 aliphatic rings. The molecule has 2 aromatic carbocycles. The van der Waals surface area contributed by atoms with E-state index in [-0.39, 0.29) is 0 Å². The van der Waals surface area contributed by atoms with Gasteiger partial charge in [-0.2, -0.15) is 0 Å². The Kier molecular flexibility index (Phi) is 5.08. The van der Waals surface area contributed by atoms with Gasteiger partial charge < -0.3 is 14.8 Å². The maximum Gasteiger partial charge on any atom is 0.163 e. The van der Waals surface area contributed by atoms with Crippen molar-refractivity contribution >= 4 is 22.3 Å². The van der Waals surface area contributed by atoms with Crippen LogP contribution in [0.1, 0.15) is 25.0 Å². The Hall–Kier alpha value is -2.75. The van der Waals surface area contributed by atoms with E-state index in [1.54, 1.807) is 0 Å². The molecule has 0 atom stereocenters. The molecule has 130 valence electrons. The molecular weight excluding hydrogens is 312 g/mol. The minimum absolute atomic E-state index is 0.589. The van der Waals surface area contributed by atoms with E-state index in [9.17, 15) is 0 Å². The molecular formula is C21H24N2O2. The van der Waals surface area contributed by atoms with E-state index < -0.39 is 0 Å². The Morgan fingerprint density at radius 3 is 2.36 bits per heavy atom. The highest BCUT2D eigenvalue weighted by molar-refractivity contribution is 5.95. The van der Waals surface area contributed by atoms with Crippen LogP contribution in [0.3, 0.4) is 0 Å². The number of nitrogens with one attached hydrogen (secondary N) is 1. The van der Waals surface area contributed by atoms with Crippen LogP contribution in [0.5, 0.6) is 11.5 Å². The second-order valence-corrected chi connectivity index (χ2v) is 5.91.